The molecule has 0 saturated carbocycles. The Kier molecular flexibility index (Phi) is 7.30. The second kappa shape index (κ2) is 9.91. The van der Waals surface area contributed by atoms with Crippen molar-refractivity contribution >= 4 is 12.0 Å². The van der Waals surface area contributed by atoms with Crippen LogP contribution < -0.4 is 0 Å². The Morgan fingerprint density at radius 2 is 1.71 bits per heavy atom. The van der Waals surface area contributed by atoms with Crippen molar-refractivity contribution in [2.24, 2.45) is 4.99 Å². The minimum atomic E-state index is -0.312. The monoisotopic (exact) mass is 389 g/mol. The molecule has 1 fully saturated rings. The number of halogens is 1. The molecule has 1 aliphatic heterocycles. The lowest BCUT2D eigenvalue weighted by Crippen LogP contribution is -2.47. The van der Waals surface area contributed by atoms with E-state index in [-0.39, 0.29) is 29.9 Å². The minimum absolute atomic E-state index is 0.0620. The molecule has 3 rings (SSSR count). The van der Waals surface area contributed by atoms with Crippen LogP contribution in [0.25, 0.3) is 0 Å². The molecule has 1 atom stereocenters. The molecule has 1 heterocycles. The van der Waals surface area contributed by atoms with E-state index in [1.807, 2.05) is 0 Å². The van der Waals surface area contributed by atoms with Crippen molar-refractivity contribution in [2.75, 3.05) is 52.4 Å². The maximum absolute atomic E-state index is 13.1. The van der Waals surface area contributed by atoms with E-state index in [9.17, 15) is 14.3 Å². The molecule has 1 aromatic carbocycles. The molecule has 152 valence electrons. The maximum Gasteiger partial charge on any atom is 0.168 e. The molecule has 0 aromatic heterocycles. The number of rotatable bonds is 7. The van der Waals surface area contributed by atoms with E-state index in [2.05, 4.69) is 14.8 Å². The van der Waals surface area contributed by atoms with Crippen molar-refractivity contribution < 1.29 is 19.4 Å². The number of ketones is 1. The predicted molar refractivity (Wildman–Crippen MR) is 106 cm³/mol. The fourth-order valence-electron chi connectivity index (χ4n) is 3.76. The molecule has 7 heteroatoms. The average Bonchev–Trinajstić information content (AvgIpc) is 2.68. The molecule has 0 spiro atoms. The third kappa shape index (κ3) is 5.47. The molecule has 0 bridgehead atoms. The largest absolute Gasteiger partial charge is 0.511 e. The van der Waals surface area contributed by atoms with E-state index < -0.39 is 0 Å². The van der Waals surface area contributed by atoms with Gasteiger partial charge in [-0.05, 0) is 23.6 Å². The summed E-state index contributed by atoms with van der Waals surface area (Å²) >= 11 is 0. The number of β-amino-alcohol motifs (C(OH)–C–C–N with tert-alkyl or cyclic N) is 1. The van der Waals surface area contributed by atoms with E-state index in [1.165, 1.54) is 18.3 Å². The smallest absolute Gasteiger partial charge is 0.168 e. The molecular formula is C21H28FN3O3. The Hall–Kier alpha value is -2.09. The summed E-state index contributed by atoms with van der Waals surface area (Å²) in [4.78, 5) is 21.3. The van der Waals surface area contributed by atoms with Gasteiger partial charge in [-0.3, -0.25) is 19.6 Å². The van der Waals surface area contributed by atoms with Crippen LogP contribution in [-0.4, -0.2) is 84.4 Å². The van der Waals surface area contributed by atoms with Gasteiger partial charge in [-0.1, -0.05) is 12.1 Å². The van der Waals surface area contributed by atoms with E-state index in [0.717, 1.165) is 44.8 Å². The summed E-state index contributed by atoms with van der Waals surface area (Å²) in [7, 11) is 0. The van der Waals surface area contributed by atoms with Gasteiger partial charge in [-0.15, -0.1) is 0 Å². The van der Waals surface area contributed by atoms with Crippen LogP contribution in [0.3, 0.4) is 0 Å². The topological polar surface area (TPSA) is 76.4 Å². The number of aliphatic imine (C=N–C) groups is 1. The van der Waals surface area contributed by atoms with Crippen LogP contribution >= 0.6 is 0 Å². The first-order chi connectivity index (χ1) is 13.6. The van der Waals surface area contributed by atoms with Gasteiger partial charge in [0.05, 0.1) is 18.7 Å². The van der Waals surface area contributed by atoms with E-state index >= 15 is 0 Å². The van der Waals surface area contributed by atoms with Gasteiger partial charge in [0, 0.05) is 58.3 Å². The summed E-state index contributed by atoms with van der Waals surface area (Å²) < 4.78 is 13.1. The molecular weight excluding hydrogens is 361 g/mol. The van der Waals surface area contributed by atoms with Crippen LogP contribution in [0.15, 0.2) is 40.6 Å². The highest BCUT2D eigenvalue weighted by Gasteiger charge is 2.27. The van der Waals surface area contributed by atoms with Crippen molar-refractivity contribution in [3.63, 3.8) is 0 Å². The first kappa shape index (κ1) is 20.6. The number of piperazine rings is 1. The van der Waals surface area contributed by atoms with Crippen LogP contribution in [-0.2, 0) is 4.79 Å². The van der Waals surface area contributed by atoms with Crippen LogP contribution in [0.2, 0.25) is 0 Å². The van der Waals surface area contributed by atoms with Crippen molar-refractivity contribution in [1.29, 1.82) is 0 Å². The molecule has 1 aromatic rings. The number of carbonyl (C=O) groups excluding carboxylic acids is 1. The zero-order valence-corrected chi connectivity index (χ0v) is 16.1. The number of Topliss-reactive ketones (excluding diaryl/α,β-unsaturated/α-hetero) is 1. The van der Waals surface area contributed by atoms with Gasteiger partial charge in [0.2, 0.25) is 0 Å². The lowest BCUT2D eigenvalue weighted by atomic mass is 9.83. The number of hydrogen-bond donors (Lipinski definition) is 2. The maximum atomic E-state index is 13.1. The molecule has 0 radical (unpaired) electrons. The van der Waals surface area contributed by atoms with Gasteiger partial charge in [0.15, 0.2) is 5.78 Å². The van der Waals surface area contributed by atoms with Gasteiger partial charge in [-0.25, -0.2) is 4.39 Å². The second-order valence-electron chi connectivity index (χ2n) is 7.38. The Morgan fingerprint density at radius 1 is 1.07 bits per heavy atom. The molecule has 1 unspecified atom stereocenters. The van der Waals surface area contributed by atoms with Gasteiger partial charge >= 0.3 is 0 Å². The molecule has 6 nitrogen and oxygen atoms in total. The van der Waals surface area contributed by atoms with E-state index in [1.54, 1.807) is 12.1 Å². The Bertz CT molecular complexity index is 725. The third-order valence-electron chi connectivity index (χ3n) is 5.47. The number of carbonyl (C=O) groups is 1. The summed E-state index contributed by atoms with van der Waals surface area (Å²) in [6.07, 6.45) is 2.16. The summed E-state index contributed by atoms with van der Waals surface area (Å²) in [5, 5.41) is 19.3. The molecule has 1 saturated heterocycles. The fourth-order valence-corrected chi connectivity index (χ4v) is 3.76. The van der Waals surface area contributed by atoms with Gasteiger partial charge in [-0.2, -0.15) is 0 Å². The summed E-state index contributed by atoms with van der Waals surface area (Å²) in [5.41, 5.74) is 1.16. The Balaban J connectivity index is 1.49. The summed E-state index contributed by atoms with van der Waals surface area (Å²) in [5.74, 6) is -0.500. The zero-order valence-electron chi connectivity index (χ0n) is 16.1. The molecule has 0 amide bonds. The SMILES string of the molecule is O=C1CC(c2ccc(F)cc2)CC(O)=C1C=NCCN1CCN(CCO)CC1. The highest BCUT2D eigenvalue weighted by molar-refractivity contribution is 6.14. The van der Waals surface area contributed by atoms with Crippen LogP contribution in [0, 0.1) is 5.82 Å². The predicted octanol–water partition coefficient (Wildman–Crippen LogP) is 1.77. The van der Waals surface area contributed by atoms with Gasteiger partial charge in [0.25, 0.3) is 0 Å². The van der Waals surface area contributed by atoms with Gasteiger partial charge in [0.1, 0.15) is 11.6 Å². The standard InChI is InChI=1S/C21H28FN3O3/c22-18-3-1-16(2-4-18)17-13-20(27)19(21(28)14-17)15-23-5-6-24-7-9-25(10-8-24)11-12-26/h1-4,15,17,26-27H,5-14H2. The first-order valence-corrected chi connectivity index (χ1v) is 9.83. The van der Waals surface area contributed by atoms with Crippen LogP contribution in [0.1, 0.15) is 24.3 Å². The third-order valence-corrected chi connectivity index (χ3v) is 5.47. The number of aliphatic hydroxyl groups excluding tert-OH is 2. The van der Waals surface area contributed by atoms with Crippen molar-refractivity contribution in [1.82, 2.24) is 9.80 Å². The molecule has 2 N–H and O–H groups in total. The number of nitrogens with zero attached hydrogens (tertiary/aromatic N) is 3. The van der Waals surface area contributed by atoms with Gasteiger partial charge < -0.3 is 10.2 Å². The Labute approximate surface area is 165 Å². The number of aliphatic hydroxyl groups is 2. The highest BCUT2D eigenvalue weighted by atomic mass is 19.1. The minimum Gasteiger partial charge on any atom is -0.511 e. The Morgan fingerprint density at radius 3 is 2.32 bits per heavy atom. The van der Waals surface area contributed by atoms with E-state index in [0.29, 0.717) is 25.0 Å². The number of allylic oxidation sites excluding steroid dienone is 2. The van der Waals surface area contributed by atoms with Crippen molar-refractivity contribution in [3.8, 4) is 0 Å². The average molecular weight is 389 g/mol. The first-order valence-electron chi connectivity index (χ1n) is 9.83. The van der Waals surface area contributed by atoms with E-state index in [4.69, 9.17) is 5.11 Å². The molecule has 2 aliphatic rings. The van der Waals surface area contributed by atoms with Crippen molar-refractivity contribution in [3.05, 3.63) is 47.0 Å². The molecule has 28 heavy (non-hydrogen) atoms. The zero-order chi connectivity index (χ0) is 19.9. The van der Waals surface area contributed by atoms with Crippen LogP contribution in [0.4, 0.5) is 4.39 Å². The fraction of sp³-hybridized carbons (Fsp3) is 0.524. The lowest BCUT2D eigenvalue weighted by Gasteiger charge is -2.33. The molecule has 1 aliphatic carbocycles. The quantitative estimate of drug-likeness (QED) is 0.695. The summed E-state index contributed by atoms with van der Waals surface area (Å²) in [6.45, 7) is 6.08. The highest BCUT2D eigenvalue weighted by Crippen LogP contribution is 2.33. The summed E-state index contributed by atoms with van der Waals surface area (Å²) in [6, 6.07) is 6.09. The normalized spacial score (nSPS) is 22.4. The number of benzene rings is 1. The second-order valence-corrected chi connectivity index (χ2v) is 7.38. The lowest BCUT2D eigenvalue weighted by molar-refractivity contribution is -0.116. The number of hydrogen-bond acceptors (Lipinski definition) is 6. The van der Waals surface area contributed by atoms with Crippen LogP contribution in [0.5, 0.6) is 0 Å². The van der Waals surface area contributed by atoms with Crippen molar-refractivity contribution in [2.45, 2.75) is 18.8 Å².